The molecule has 0 fully saturated rings. The highest BCUT2D eigenvalue weighted by Crippen LogP contribution is 2.19. The van der Waals surface area contributed by atoms with Crippen molar-refractivity contribution < 1.29 is 33.4 Å². The molecule has 0 saturated heterocycles. The number of carbonyl (C=O) groups excluding carboxylic acids is 5. The largest absolute Gasteiger partial charge is 0.465 e. The Bertz CT molecular complexity index is 1020. The van der Waals surface area contributed by atoms with Crippen molar-refractivity contribution in [1.29, 1.82) is 0 Å². The van der Waals surface area contributed by atoms with Gasteiger partial charge in [-0.2, -0.15) is 0 Å². The zero-order valence-corrected chi connectivity index (χ0v) is 26.5. The molecule has 42 heavy (non-hydrogen) atoms. The first-order valence-corrected chi connectivity index (χ1v) is 15.0. The number of hydrogen-bond acceptors (Lipinski definition) is 7. The molecule has 0 saturated carbocycles. The number of nitrogens with one attached hydrogen (secondary N) is 3. The average Bonchev–Trinajstić information content (AvgIpc) is 2.92. The summed E-state index contributed by atoms with van der Waals surface area (Å²) in [5.41, 5.74) is 1.16. The molecular weight excluding hydrogens is 538 g/mol. The summed E-state index contributed by atoms with van der Waals surface area (Å²) in [7, 11) is 0. The second kappa shape index (κ2) is 18.9. The predicted molar refractivity (Wildman–Crippen MR) is 163 cm³/mol. The van der Waals surface area contributed by atoms with E-state index in [0.717, 1.165) is 24.8 Å². The maximum Gasteiger partial charge on any atom is 0.407 e. The van der Waals surface area contributed by atoms with Crippen molar-refractivity contribution in [2.45, 2.75) is 106 Å². The van der Waals surface area contributed by atoms with Gasteiger partial charge in [-0.05, 0) is 48.8 Å². The highest BCUT2D eigenvalue weighted by Gasteiger charge is 2.27. The van der Waals surface area contributed by atoms with Gasteiger partial charge in [-0.1, -0.05) is 66.5 Å². The van der Waals surface area contributed by atoms with E-state index in [1.165, 1.54) is 0 Å². The van der Waals surface area contributed by atoms with Crippen LogP contribution in [0.25, 0.3) is 0 Å². The van der Waals surface area contributed by atoms with Crippen molar-refractivity contribution in [2.75, 3.05) is 18.5 Å². The van der Waals surface area contributed by atoms with Crippen LogP contribution in [-0.2, 0) is 35.3 Å². The van der Waals surface area contributed by atoms with Gasteiger partial charge in [0.15, 0.2) is 0 Å². The van der Waals surface area contributed by atoms with Crippen molar-refractivity contribution in [3.05, 3.63) is 29.8 Å². The zero-order valence-electron chi connectivity index (χ0n) is 26.5. The Morgan fingerprint density at radius 1 is 0.857 bits per heavy atom. The lowest BCUT2D eigenvalue weighted by atomic mass is 9.88. The molecular formula is C32H51N3O7. The summed E-state index contributed by atoms with van der Waals surface area (Å²) in [6.07, 6.45) is 3.56. The van der Waals surface area contributed by atoms with Gasteiger partial charge < -0.3 is 25.4 Å². The van der Waals surface area contributed by atoms with Crippen molar-refractivity contribution in [3.8, 4) is 0 Å². The van der Waals surface area contributed by atoms with Gasteiger partial charge in [-0.25, -0.2) is 4.79 Å². The molecule has 3 N–H and O–H groups in total. The van der Waals surface area contributed by atoms with Gasteiger partial charge in [0.25, 0.3) is 0 Å². The number of unbranched alkanes of at least 4 members (excludes halogenated alkanes) is 2. The quantitative estimate of drug-likeness (QED) is 0.151. The summed E-state index contributed by atoms with van der Waals surface area (Å²) in [4.78, 5) is 61.5. The minimum absolute atomic E-state index is 0.0329. The van der Waals surface area contributed by atoms with Crippen LogP contribution in [-0.4, -0.2) is 48.9 Å². The monoisotopic (exact) mass is 589 g/mol. The predicted octanol–water partition coefficient (Wildman–Crippen LogP) is 5.54. The fourth-order valence-corrected chi connectivity index (χ4v) is 3.86. The minimum atomic E-state index is -0.791. The van der Waals surface area contributed by atoms with Gasteiger partial charge in [-0.3, -0.25) is 19.2 Å². The zero-order chi connectivity index (χ0) is 31.7. The Morgan fingerprint density at radius 3 is 2.12 bits per heavy atom. The average molecular weight is 590 g/mol. The molecule has 0 aliphatic rings. The Balaban J connectivity index is 2.42. The number of esters is 1. The molecule has 236 valence electrons. The molecule has 10 nitrogen and oxygen atoms in total. The molecule has 1 aromatic rings. The van der Waals surface area contributed by atoms with Crippen molar-refractivity contribution in [1.82, 2.24) is 10.6 Å². The van der Waals surface area contributed by atoms with Crippen LogP contribution in [0.2, 0.25) is 0 Å². The molecule has 1 rings (SSSR count). The van der Waals surface area contributed by atoms with E-state index in [4.69, 9.17) is 9.47 Å². The number of alkyl carbamates (subject to hydrolysis) is 1. The van der Waals surface area contributed by atoms with Crippen LogP contribution in [0.5, 0.6) is 0 Å². The summed E-state index contributed by atoms with van der Waals surface area (Å²) >= 11 is 0. The smallest absolute Gasteiger partial charge is 0.407 e. The molecule has 10 heteroatoms. The molecule has 3 amide bonds. The van der Waals surface area contributed by atoms with Crippen LogP contribution < -0.4 is 16.0 Å². The van der Waals surface area contributed by atoms with Gasteiger partial charge >= 0.3 is 12.1 Å². The van der Waals surface area contributed by atoms with Crippen LogP contribution in [0.3, 0.4) is 0 Å². The first-order chi connectivity index (χ1) is 19.7. The van der Waals surface area contributed by atoms with E-state index >= 15 is 0 Å². The molecule has 0 aliphatic carbocycles. The number of ether oxygens (including phenoxy) is 2. The number of amides is 3. The molecule has 0 aliphatic heterocycles. The first kappa shape index (κ1) is 36.6. The number of rotatable bonds is 18. The third kappa shape index (κ3) is 16.1. The topological polar surface area (TPSA) is 140 Å². The van der Waals surface area contributed by atoms with Gasteiger partial charge in [0.05, 0.1) is 6.61 Å². The summed E-state index contributed by atoms with van der Waals surface area (Å²) in [5, 5.41) is 8.11. The molecule has 0 heterocycles. The lowest BCUT2D eigenvalue weighted by Crippen LogP contribution is -2.45. The van der Waals surface area contributed by atoms with E-state index in [0.29, 0.717) is 25.1 Å². The third-order valence-corrected chi connectivity index (χ3v) is 6.48. The lowest BCUT2D eigenvalue weighted by Gasteiger charge is -2.22. The number of hydrogen-bond donors (Lipinski definition) is 3. The normalized spacial score (nSPS) is 12.7. The van der Waals surface area contributed by atoms with E-state index in [1.54, 1.807) is 31.2 Å². The van der Waals surface area contributed by atoms with E-state index in [-0.39, 0.29) is 60.9 Å². The molecule has 0 aromatic heterocycles. The molecule has 1 aromatic carbocycles. The Labute approximate surface area is 251 Å². The number of Topliss-reactive ketones (excluding diaryl/α,β-unsaturated/α-hetero) is 1. The number of anilines is 1. The van der Waals surface area contributed by atoms with Crippen LogP contribution in [0.15, 0.2) is 24.3 Å². The van der Waals surface area contributed by atoms with Crippen LogP contribution >= 0.6 is 0 Å². The number of benzene rings is 1. The van der Waals surface area contributed by atoms with Crippen molar-refractivity contribution in [2.24, 2.45) is 17.3 Å². The second-order valence-corrected chi connectivity index (χ2v) is 12.3. The van der Waals surface area contributed by atoms with Gasteiger partial charge in [0.1, 0.15) is 18.4 Å². The second-order valence-electron chi connectivity index (χ2n) is 12.3. The summed E-state index contributed by atoms with van der Waals surface area (Å²) < 4.78 is 10.4. The van der Waals surface area contributed by atoms with E-state index in [9.17, 15) is 24.0 Å². The minimum Gasteiger partial charge on any atom is -0.465 e. The Morgan fingerprint density at radius 2 is 1.52 bits per heavy atom. The first-order valence-electron chi connectivity index (χ1n) is 15.0. The molecule has 2 atom stereocenters. The van der Waals surface area contributed by atoms with Crippen LogP contribution in [0, 0.1) is 17.3 Å². The van der Waals surface area contributed by atoms with Crippen molar-refractivity contribution in [3.63, 3.8) is 0 Å². The molecule has 0 unspecified atom stereocenters. The fourth-order valence-electron chi connectivity index (χ4n) is 3.86. The van der Waals surface area contributed by atoms with Crippen LogP contribution in [0.1, 0.15) is 99.0 Å². The van der Waals surface area contributed by atoms with E-state index in [1.807, 2.05) is 34.6 Å². The Kier molecular flexibility index (Phi) is 16.5. The van der Waals surface area contributed by atoms with Crippen molar-refractivity contribution >= 4 is 35.3 Å². The summed E-state index contributed by atoms with van der Waals surface area (Å²) in [6.45, 7) is 14.1. The molecule has 0 spiro atoms. The summed E-state index contributed by atoms with van der Waals surface area (Å²) in [6, 6.07) is 6.00. The highest BCUT2D eigenvalue weighted by atomic mass is 16.5. The van der Waals surface area contributed by atoms with Crippen LogP contribution in [0.4, 0.5) is 10.5 Å². The van der Waals surface area contributed by atoms with Gasteiger partial charge in [0.2, 0.25) is 11.8 Å². The number of ketones is 1. The maximum absolute atomic E-state index is 12.9. The third-order valence-electron chi connectivity index (χ3n) is 6.48. The number of carbonyl (C=O) groups is 5. The summed E-state index contributed by atoms with van der Waals surface area (Å²) in [5.74, 6) is -1.43. The SMILES string of the molecule is CCCCCC(=O)C[C@H](C(=O)N[C@@H](C)C(=O)Nc1ccc(COC(=O)NCCCC(=O)OCC(C)(C)C)cc1)C(C)C. The van der Waals surface area contributed by atoms with Gasteiger partial charge in [0, 0.05) is 37.4 Å². The fraction of sp³-hybridized carbons (Fsp3) is 0.656. The molecule has 0 radical (unpaired) electrons. The van der Waals surface area contributed by atoms with E-state index < -0.39 is 18.1 Å². The standard InChI is InChI=1S/C32H51N3O7/c1-8-9-10-12-26(36)19-27(22(2)3)30(39)34-23(4)29(38)35-25-16-14-24(15-17-25)20-41-31(40)33-18-11-13-28(37)42-21-32(5,6)7/h14-17,22-23,27H,8-13,18-21H2,1-7H3,(H,33,40)(H,34,39)(H,35,38)/t23-,27-/m0/s1. The highest BCUT2D eigenvalue weighted by molar-refractivity contribution is 5.97. The lowest BCUT2D eigenvalue weighted by molar-refractivity contribution is -0.146. The van der Waals surface area contributed by atoms with E-state index in [2.05, 4.69) is 22.9 Å². The maximum atomic E-state index is 12.9. The van der Waals surface area contributed by atoms with Gasteiger partial charge in [-0.15, -0.1) is 0 Å². The molecule has 0 bridgehead atoms. The Hall–Kier alpha value is -3.43.